The summed E-state index contributed by atoms with van der Waals surface area (Å²) in [5.41, 5.74) is -0.315. The predicted octanol–water partition coefficient (Wildman–Crippen LogP) is 4.67. The van der Waals surface area contributed by atoms with Gasteiger partial charge in [-0.15, -0.1) is 11.3 Å². The molecule has 1 heterocycles. The highest BCUT2D eigenvalue weighted by molar-refractivity contribution is 7.13. The Balaban J connectivity index is 1.67. The summed E-state index contributed by atoms with van der Waals surface area (Å²) in [6.07, 6.45) is -2.96. The summed E-state index contributed by atoms with van der Waals surface area (Å²) >= 11 is 1.28. The number of carbonyl (C=O) groups is 2. The molecule has 0 unspecified atom stereocenters. The van der Waals surface area contributed by atoms with Gasteiger partial charge in [-0.25, -0.2) is 4.98 Å². The fraction of sp³-hybridized carbons (Fsp3) is 0.0556. The monoisotopic (exact) mass is 391 g/mol. The van der Waals surface area contributed by atoms with Crippen LogP contribution >= 0.6 is 11.3 Å². The van der Waals surface area contributed by atoms with Crippen LogP contribution < -0.4 is 10.6 Å². The number of carbonyl (C=O) groups excluding carboxylic acids is 2. The summed E-state index contributed by atoms with van der Waals surface area (Å²) in [6.45, 7) is 0. The first kappa shape index (κ1) is 18.6. The van der Waals surface area contributed by atoms with Gasteiger partial charge in [0.1, 0.15) is 0 Å². The number of anilines is 2. The second-order valence-corrected chi connectivity index (χ2v) is 6.30. The summed E-state index contributed by atoms with van der Waals surface area (Å²) < 4.78 is 38.2. The zero-order valence-electron chi connectivity index (χ0n) is 13.6. The third-order valence-electron chi connectivity index (χ3n) is 3.51. The molecule has 0 spiro atoms. The SMILES string of the molecule is O=C(Nc1ccc(C(=O)Nc2nccs2)cc1)c1cccc(C(F)(F)F)c1. The maximum absolute atomic E-state index is 12.7. The van der Waals surface area contributed by atoms with Crippen molar-refractivity contribution in [1.29, 1.82) is 0 Å². The van der Waals surface area contributed by atoms with Gasteiger partial charge in [-0.3, -0.25) is 14.9 Å². The Hall–Kier alpha value is -3.20. The molecule has 0 atom stereocenters. The number of nitrogens with zero attached hydrogens (tertiary/aromatic N) is 1. The van der Waals surface area contributed by atoms with Crippen molar-refractivity contribution in [2.75, 3.05) is 10.6 Å². The molecule has 2 N–H and O–H groups in total. The van der Waals surface area contributed by atoms with Crippen molar-refractivity contribution in [1.82, 2.24) is 4.98 Å². The Morgan fingerprint density at radius 1 is 0.926 bits per heavy atom. The fourth-order valence-corrected chi connectivity index (χ4v) is 2.72. The number of halogens is 3. The molecule has 3 aromatic rings. The Morgan fingerprint density at radius 2 is 1.63 bits per heavy atom. The second kappa shape index (κ2) is 7.58. The molecule has 2 amide bonds. The van der Waals surface area contributed by atoms with E-state index in [-0.39, 0.29) is 11.5 Å². The molecule has 5 nitrogen and oxygen atoms in total. The van der Waals surface area contributed by atoms with Crippen LogP contribution in [0.1, 0.15) is 26.3 Å². The fourth-order valence-electron chi connectivity index (χ4n) is 2.20. The molecule has 2 aromatic carbocycles. The molecule has 0 bridgehead atoms. The van der Waals surface area contributed by atoms with Gasteiger partial charge in [0.25, 0.3) is 11.8 Å². The largest absolute Gasteiger partial charge is 0.416 e. The van der Waals surface area contributed by atoms with Gasteiger partial charge in [0.15, 0.2) is 5.13 Å². The lowest BCUT2D eigenvalue weighted by atomic mass is 10.1. The molecule has 0 saturated carbocycles. The second-order valence-electron chi connectivity index (χ2n) is 5.40. The molecule has 138 valence electrons. The minimum Gasteiger partial charge on any atom is -0.322 e. The molecule has 0 aliphatic rings. The van der Waals surface area contributed by atoms with E-state index in [0.717, 1.165) is 12.1 Å². The molecule has 9 heteroatoms. The van der Waals surface area contributed by atoms with Gasteiger partial charge in [0, 0.05) is 28.4 Å². The van der Waals surface area contributed by atoms with E-state index in [1.165, 1.54) is 47.7 Å². The van der Waals surface area contributed by atoms with Crippen LogP contribution in [0.25, 0.3) is 0 Å². The van der Waals surface area contributed by atoms with Gasteiger partial charge in [0.2, 0.25) is 0 Å². The van der Waals surface area contributed by atoms with Crippen molar-refractivity contribution in [3.8, 4) is 0 Å². The van der Waals surface area contributed by atoms with Crippen LogP contribution in [-0.2, 0) is 6.18 Å². The van der Waals surface area contributed by atoms with E-state index in [9.17, 15) is 22.8 Å². The van der Waals surface area contributed by atoms with Crippen LogP contribution in [0, 0.1) is 0 Å². The molecule has 0 saturated heterocycles. The quantitative estimate of drug-likeness (QED) is 0.679. The molecule has 27 heavy (non-hydrogen) atoms. The maximum atomic E-state index is 12.7. The number of amides is 2. The van der Waals surface area contributed by atoms with E-state index in [4.69, 9.17) is 0 Å². The molecule has 0 radical (unpaired) electrons. The van der Waals surface area contributed by atoms with Crippen molar-refractivity contribution >= 4 is 34.0 Å². The summed E-state index contributed by atoms with van der Waals surface area (Å²) in [6, 6.07) is 10.1. The van der Waals surface area contributed by atoms with Gasteiger partial charge in [-0.2, -0.15) is 13.2 Å². The number of hydrogen-bond acceptors (Lipinski definition) is 4. The lowest BCUT2D eigenvalue weighted by Crippen LogP contribution is -2.14. The zero-order chi connectivity index (χ0) is 19.4. The van der Waals surface area contributed by atoms with Gasteiger partial charge in [0.05, 0.1) is 5.56 Å². The highest BCUT2D eigenvalue weighted by Gasteiger charge is 2.30. The lowest BCUT2D eigenvalue weighted by molar-refractivity contribution is -0.137. The van der Waals surface area contributed by atoms with E-state index in [0.29, 0.717) is 16.4 Å². The average molecular weight is 391 g/mol. The lowest BCUT2D eigenvalue weighted by Gasteiger charge is -2.09. The average Bonchev–Trinajstić information content (AvgIpc) is 3.14. The van der Waals surface area contributed by atoms with Crippen LogP contribution in [0.3, 0.4) is 0 Å². The van der Waals surface area contributed by atoms with Crippen molar-refractivity contribution in [3.63, 3.8) is 0 Å². The minimum atomic E-state index is -4.53. The zero-order valence-corrected chi connectivity index (χ0v) is 14.4. The number of rotatable bonds is 4. The number of benzene rings is 2. The predicted molar refractivity (Wildman–Crippen MR) is 95.9 cm³/mol. The smallest absolute Gasteiger partial charge is 0.322 e. The Kier molecular flexibility index (Phi) is 5.22. The van der Waals surface area contributed by atoms with E-state index in [1.54, 1.807) is 11.6 Å². The molecule has 0 aliphatic heterocycles. The first-order valence-corrected chi connectivity index (χ1v) is 8.50. The van der Waals surface area contributed by atoms with Gasteiger partial charge in [-0.05, 0) is 42.5 Å². The van der Waals surface area contributed by atoms with E-state index < -0.39 is 17.6 Å². The third kappa shape index (κ3) is 4.70. The van der Waals surface area contributed by atoms with Gasteiger partial charge in [-0.1, -0.05) is 6.07 Å². The highest BCUT2D eigenvalue weighted by atomic mass is 32.1. The number of hydrogen-bond donors (Lipinski definition) is 2. The van der Waals surface area contributed by atoms with Crippen LogP contribution in [0.4, 0.5) is 24.0 Å². The highest BCUT2D eigenvalue weighted by Crippen LogP contribution is 2.29. The van der Waals surface area contributed by atoms with Crippen molar-refractivity contribution in [2.24, 2.45) is 0 Å². The summed E-state index contributed by atoms with van der Waals surface area (Å²) in [5, 5.41) is 7.30. The van der Waals surface area contributed by atoms with Crippen molar-refractivity contribution < 1.29 is 22.8 Å². The summed E-state index contributed by atoms with van der Waals surface area (Å²) in [4.78, 5) is 28.2. The number of alkyl halides is 3. The summed E-state index contributed by atoms with van der Waals surface area (Å²) in [5.74, 6) is -1.04. The standard InChI is InChI=1S/C18H12F3N3O2S/c19-18(20,21)13-3-1-2-12(10-13)16(26)23-14-6-4-11(5-7-14)15(25)24-17-22-8-9-27-17/h1-10H,(H,23,26)(H,22,24,25). The van der Waals surface area contributed by atoms with Crippen molar-refractivity contribution in [3.05, 3.63) is 76.8 Å². The van der Waals surface area contributed by atoms with Gasteiger partial charge < -0.3 is 5.32 Å². The molecular formula is C18H12F3N3O2S. The van der Waals surface area contributed by atoms with E-state index in [1.807, 2.05) is 0 Å². The van der Waals surface area contributed by atoms with Crippen LogP contribution in [0.15, 0.2) is 60.1 Å². The molecule has 0 fully saturated rings. The maximum Gasteiger partial charge on any atom is 0.416 e. The van der Waals surface area contributed by atoms with Gasteiger partial charge >= 0.3 is 6.18 Å². The van der Waals surface area contributed by atoms with Crippen LogP contribution in [0.2, 0.25) is 0 Å². The molecule has 3 rings (SSSR count). The van der Waals surface area contributed by atoms with Crippen LogP contribution in [0.5, 0.6) is 0 Å². The molecular weight excluding hydrogens is 379 g/mol. The number of aromatic nitrogens is 1. The van der Waals surface area contributed by atoms with Crippen LogP contribution in [-0.4, -0.2) is 16.8 Å². The normalized spacial score (nSPS) is 11.1. The Bertz CT molecular complexity index is 955. The molecule has 0 aliphatic carbocycles. The minimum absolute atomic E-state index is 0.115. The molecule has 1 aromatic heterocycles. The van der Waals surface area contributed by atoms with E-state index in [2.05, 4.69) is 15.6 Å². The topological polar surface area (TPSA) is 71.1 Å². The Morgan fingerprint density at radius 3 is 2.26 bits per heavy atom. The van der Waals surface area contributed by atoms with Crippen molar-refractivity contribution in [2.45, 2.75) is 6.18 Å². The number of thiazole rings is 1. The first-order chi connectivity index (χ1) is 12.8. The summed E-state index contributed by atoms with van der Waals surface area (Å²) in [7, 11) is 0. The van der Waals surface area contributed by atoms with E-state index >= 15 is 0 Å². The first-order valence-electron chi connectivity index (χ1n) is 7.62. The third-order valence-corrected chi connectivity index (χ3v) is 4.20. The Labute approximate surface area is 155 Å². The number of nitrogens with one attached hydrogen (secondary N) is 2.